The Labute approximate surface area is 170 Å². The summed E-state index contributed by atoms with van der Waals surface area (Å²) in [5.41, 5.74) is 2.34. The lowest BCUT2D eigenvalue weighted by atomic mass is 10.0. The van der Waals surface area contributed by atoms with Gasteiger partial charge in [-0.15, -0.1) is 0 Å². The highest BCUT2D eigenvalue weighted by molar-refractivity contribution is 5.91. The fraction of sp³-hybridized carbons (Fsp3) is 0.550. The van der Waals surface area contributed by atoms with Gasteiger partial charge in [-0.3, -0.25) is 19.9 Å². The summed E-state index contributed by atoms with van der Waals surface area (Å²) in [4.78, 5) is 32.4. The fourth-order valence-corrected chi connectivity index (χ4v) is 3.42. The number of amides is 2. The van der Waals surface area contributed by atoms with E-state index in [1.165, 1.54) is 0 Å². The van der Waals surface area contributed by atoms with Crippen molar-refractivity contribution in [2.24, 2.45) is 0 Å². The van der Waals surface area contributed by atoms with Crippen molar-refractivity contribution in [3.05, 3.63) is 35.5 Å². The first-order valence-corrected chi connectivity index (χ1v) is 10.0. The average Bonchev–Trinajstić information content (AvgIpc) is 3.30. The first-order valence-electron chi connectivity index (χ1n) is 10.0. The molecule has 3 rings (SSSR count). The highest BCUT2D eigenvalue weighted by Gasteiger charge is 2.29. The van der Waals surface area contributed by atoms with Crippen molar-refractivity contribution in [1.82, 2.24) is 25.5 Å². The van der Waals surface area contributed by atoms with E-state index in [9.17, 15) is 9.59 Å². The van der Waals surface area contributed by atoms with Crippen LogP contribution in [0.3, 0.4) is 0 Å². The first kappa shape index (κ1) is 20.8. The van der Waals surface area contributed by atoms with Crippen LogP contribution in [0, 0.1) is 6.92 Å². The minimum absolute atomic E-state index is 0.0813. The average molecular weight is 400 g/mol. The summed E-state index contributed by atoms with van der Waals surface area (Å²) in [5, 5.41) is 12.9. The SMILES string of the molecule is CCC(C)OC(=O)NC1CCC(c2cc(NC(=O)Cc3cncc(C)n3)n[nH]2)C1. The summed E-state index contributed by atoms with van der Waals surface area (Å²) >= 11 is 0. The Morgan fingerprint density at radius 1 is 1.34 bits per heavy atom. The number of nitrogens with zero attached hydrogens (tertiary/aromatic N) is 3. The van der Waals surface area contributed by atoms with Crippen molar-refractivity contribution in [2.75, 3.05) is 5.32 Å². The molecule has 3 atom stereocenters. The van der Waals surface area contributed by atoms with E-state index in [0.29, 0.717) is 11.5 Å². The molecule has 1 aliphatic rings. The molecule has 29 heavy (non-hydrogen) atoms. The lowest BCUT2D eigenvalue weighted by Gasteiger charge is -2.16. The van der Waals surface area contributed by atoms with Gasteiger partial charge in [0.15, 0.2) is 5.82 Å². The molecular weight excluding hydrogens is 372 g/mol. The van der Waals surface area contributed by atoms with E-state index in [1.54, 1.807) is 12.4 Å². The minimum atomic E-state index is -0.359. The summed E-state index contributed by atoms with van der Waals surface area (Å²) in [7, 11) is 0. The minimum Gasteiger partial charge on any atom is -0.447 e. The number of aromatic nitrogens is 4. The largest absolute Gasteiger partial charge is 0.447 e. The molecular formula is C20H28N6O3. The Balaban J connectivity index is 1.48. The second kappa shape index (κ2) is 9.49. The topological polar surface area (TPSA) is 122 Å². The third kappa shape index (κ3) is 6.00. The number of hydrogen-bond acceptors (Lipinski definition) is 6. The van der Waals surface area contributed by atoms with Gasteiger partial charge in [0.2, 0.25) is 5.91 Å². The number of carbonyl (C=O) groups excluding carboxylic acids is 2. The maximum Gasteiger partial charge on any atom is 0.407 e. The molecule has 156 valence electrons. The van der Waals surface area contributed by atoms with Crippen LogP contribution in [0.5, 0.6) is 0 Å². The second-order valence-electron chi connectivity index (χ2n) is 7.56. The summed E-state index contributed by atoms with van der Waals surface area (Å²) in [6.45, 7) is 5.69. The molecule has 0 bridgehead atoms. The third-order valence-electron chi connectivity index (χ3n) is 5.09. The first-order chi connectivity index (χ1) is 13.9. The molecule has 0 radical (unpaired) electrons. The zero-order valence-corrected chi connectivity index (χ0v) is 17.1. The molecule has 2 heterocycles. The van der Waals surface area contributed by atoms with Gasteiger partial charge in [0.1, 0.15) is 6.10 Å². The summed E-state index contributed by atoms with van der Waals surface area (Å²) in [6.07, 6.45) is 6.35. The number of nitrogens with one attached hydrogen (secondary N) is 3. The van der Waals surface area contributed by atoms with Crippen molar-refractivity contribution in [1.29, 1.82) is 0 Å². The van der Waals surface area contributed by atoms with Crippen molar-refractivity contribution >= 4 is 17.8 Å². The van der Waals surface area contributed by atoms with Crippen LogP contribution in [0.2, 0.25) is 0 Å². The van der Waals surface area contributed by atoms with Crippen LogP contribution in [0.15, 0.2) is 18.5 Å². The van der Waals surface area contributed by atoms with Gasteiger partial charge in [0.05, 0.1) is 17.8 Å². The van der Waals surface area contributed by atoms with E-state index in [4.69, 9.17) is 4.74 Å². The van der Waals surface area contributed by atoms with Crippen LogP contribution >= 0.6 is 0 Å². The molecule has 9 nitrogen and oxygen atoms in total. The lowest BCUT2D eigenvalue weighted by Crippen LogP contribution is -2.35. The Morgan fingerprint density at radius 3 is 2.93 bits per heavy atom. The number of anilines is 1. The zero-order chi connectivity index (χ0) is 20.8. The highest BCUT2D eigenvalue weighted by Crippen LogP contribution is 2.34. The van der Waals surface area contributed by atoms with Gasteiger partial charge >= 0.3 is 6.09 Å². The maximum atomic E-state index is 12.2. The van der Waals surface area contributed by atoms with E-state index >= 15 is 0 Å². The number of alkyl carbamates (subject to hydrolysis) is 1. The van der Waals surface area contributed by atoms with E-state index < -0.39 is 0 Å². The highest BCUT2D eigenvalue weighted by atomic mass is 16.6. The van der Waals surface area contributed by atoms with Crippen LogP contribution in [0.4, 0.5) is 10.6 Å². The van der Waals surface area contributed by atoms with E-state index in [2.05, 4.69) is 30.8 Å². The molecule has 1 aliphatic carbocycles. The Kier molecular flexibility index (Phi) is 6.79. The molecule has 2 amide bonds. The van der Waals surface area contributed by atoms with E-state index in [-0.39, 0.29) is 36.5 Å². The second-order valence-corrected chi connectivity index (χ2v) is 7.56. The van der Waals surface area contributed by atoms with Gasteiger partial charge in [-0.05, 0) is 39.5 Å². The summed E-state index contributed by atoms with van der Waals surface area (Å²) in [5.74, 6) is 0.546. The number of hydrogen-bond donors (Lipinski definition) is 3. The van der Waals surface area contributed by atoms with E-state index in [0.717, 1.165) is 37.1 Å². The van der Waals surface area contributed by atoms with Crippen LogP contribution in [-0.2, 0) is 16.0 Å². The Hall–Kier alpha value is -2.97. The molecule has 2 aromatic rings. The molecule has 1 saturated carbocycles. The van der Waals surface area contributed by atoms with Gasteiger partial charge in [-0.1, -0.05) is 6.92 Å². The van der Waals surface area contributed by atoms with Crippen LogP contribution in [0.25, 0.3) is 0 Å². The number of H-pyrrole nitrogens is 1. The number of aryl methyl sites for hydroxylation is 1. The number of carbonyl (C=O) groups is 2. The molecule has 0 aromatic carbocycles. The molecule has 3 unspecified atom stereocenters. The van der Waals surface area contributed by atoms with Crippen molar-refractivity contribution in [2.45, 2.75) is 70.9 Å². The Morgan fingerprint density at radius 2 is 2.17 bits per heavy atom. The van der Waals surface area contributed by atoms with Crippen molar-refractivity contribution < 1.29 is 14.3 Å². The van der Waals surface area contributed by atoms with Crippen LogP contribution < -0.4 is 10.6 Å². The quantitative estimate of drug-likeness (QED) is 0.657. The normalized spacial score (nSPS) is 19.6. The fourth-order valence-electron chi connectivity index (χ4n) is 3.42. The third-order valence-corrected chi connectivity index (χ3v) is 5.09. The van der Waals surface area contributed by atoms with Crippen molar-refractivity contribution in [3.63, 3.8) is 0 Å². The number of aromatic amines is 1. The number of rotatable bonds is 7. The predicted molar refractivity (Wildman–Crippen MR) is 107 cm³/mol. The lowest BCUT2D eigenvalue weighted by molar-refractivity contribution is -0.115. The van der Waals surface area contributed by atoms with Crippen LogP contribution in [-0.4, -0.2) is 44.3 Å². The molecule has 3 N–H and O–H groups in total. The molecule has 0 saturated heterocycles. The smallest absolute Gasteiger partial charge is 0.407 e. The standard InChI is InChI=1S/C20H28N6O3/c1-4-13(3)29-20(28)23-15-6-5-14(7-15)17-9-18(26-25-17)24-19(27)8-16-11-21-10-12(2)22-16/h9-11,13-15H,4-8H2,1-3H3,(H,23,28)(H2,24,25,26,27). The summed E-state index contributed by atoms with van der Waals surface area (Å²) < 4.78 is 5.28. The van der Waals surface area contributed by atoms with Crippen LogP contribution in [0.1, 0.15) is 62.5 Å². The number of ether oxygens (including phenoxy) is 1. The molecule has 0 aliphatic heterocycles. The zero-order valence-electron chi connectivity index (χ0n) is 17.1. The predicted octanol–water partition coefficient (Wildman–Crippen LogP) is 2.85. The molecule has 2 aromatic heterocycles. The Bertz CT molecular complexity index is 852. The van der Waals surface area contributed by atoms with Crippen molar-refractivity contribution in [3.8, 4) is 0 Å². The monoisotopic (exact) mass is 400 g/mol. The van der Waals surface area contributed by atoms with Gasteiger partial charge in [-0.25, -0.2) is 4.79 Å². The molecule has 1 fully saturated rings. The van der Waals surface area contributed by atoms with Gasteiger partial charge in [0, 0.05) is 36.1 Å². The van der Waals surface area contributed by atoms with E-state index in [1.807, 2.05) is 26.8 Å². The van der Waals surface area contributed by atoms with Gasteiger partial charge < -0.3 is 15.4 Å². The molecule has 9 heteroatoms. The summed E-state index contributed by atoms with van der Waals surface area (Å²) in [6, 6.07) is 1.93. The van der Waals surface area contributed by atoms with Gasteiger partial charge in [0.25, 0.3) is 0 Å². The maximum absolute atomic E-state index is 12.2. The molecule has 0 spiro atoms. The van der Waals surface area contributed by atoms with Gasteiger partial charge in [-0.2, -0.15) is 5.10 Å².